The molecule has 3 nitrogen and oxygen atoms in total. The molecule has 2 aliphatic heterocycles. The van der Waals surface area contributed by atoms with Crippen LogP contribution >= 0.6 is 0 Å². The second-order valence-electron chi connectivity index (χ2n) is 6.03. The topological polar surface area (TPSA) is 30.5 Å². The van der Waals surface area contributed by atoms with E-state index in [1.807, 2.05) is 0 Å². The molecule has 1 atom stereocenters. The van der Waals surface area contributed by atoms with Crippen molar-refractivity contribution in [2.24, 2.45) is 0 Å². The first kappa shape index (κ1) is 14.7. The van der Waals surface area contributed by atoms with E-state index in [1.54, 1.807) is 6.92 Å². The standard InChI is InChI=1S/C16H21F2NO2/c1-11-2-3-13(17)15(14(11)18)19-12-4-7-21-16(10-12)5-8-20-9-6-16/h2-3,12,19H,4-10H2,1H3. The highest BCUT2D eigenvalue weighted by molar-refractivity contribution is 5.49. The van der Waals surface area contributed by atoms with Gasteiger partial charge in [-0.25, -0.2) is 8.78 Å². The van der Waals surface area contributed by atoms with Crippen molar-refractivity contribution >= 4 is 5.69 Å². The smallest absolute Gasteiger partial charge is 0.152 e. The number of halogens is 2. The largest absolute Gasteiger partial charge is 0.381 e. The zero-order valence-corrected chi connectivity index (χ0v) is 12.3. The van der Waals surface area contributed by atoms with Crippen molar-refractivity contribution < 1.29 is 18.3 Å². The molecule has 0 aliphatic carbocycles. The minimum atomic E-state index is -0.536. The van der Waals surface area contributed by atoms with E-state index in [-0.39, 0.29) is 17.3 Å². The maximum atomic E-state index is 14.1. The van der Waals surface area contributed by atoms with Crippen LogP contribution in [-0.4, -0.2) is 31.5 Å². The summed E-state index contributed by atoms with van der Waals surface area (Å²) in [4.78, 5) is 0. The van der Waals surface area contributed by atoms with Gasteiger partial charge >= 0.3 is 0 Å². The summed E-state index contributed by atoms with van der Waals surface area (Å²) in [6.45, 7) is 3.65. The van der Waals surface area contributed by atoms with Crippen LogP contribution in [-0.2, 0) is 9.47 Å². The normalized spacial score (nSPS) is 25.0. The number of rotatable bonds is 2. The molecule has 0 radical (unpaired) electrons. The number of hydrogen-bond donors (Lipinski definition) is 1. The van der Waals surface area contributed by atoms with Crippen molar-refractivity contribution in [2.45, 2.75) is 44.2 Å². The highest BCUT2D eigenvalue weighted by atomic mass is 19.1. The molecule has 116 valence electrons. The van der Waals surface area contributed by atoms with Gasteiger partial charge in [-0.2, -0.15) is 0 Å². The van der Waals surface area contributed by atoms with E-state index >= 15 is 0 Å². The molecule has 0 aromatic heterocycles. The van der Waals surface area contributed by atoms with E-state index in [4.69, 9.17) is 9.47 Å². The van der Waals surface area contributed by atoms with E-state index in [1.165, 1.54) is 12.1 Å². The highest BCUT2D eigenvalue weighted by Gasteiger charge is 2.39. The van der Waals surface area contributed by atoms with Gasteiger partial charge in [0.2, 0.25) is 0 Å². The molecule has 0 bridgehead atoms. The van der Waals surface area contributed by atoms with Crippen LogP contribution in [0.1, 0.15) is 31.2 Å². The summed E-state index contributed by atoms with van der Waals surface area (Å²) in [5.74, 6) is -1.03. The van der Waals surface area contributed by atoms with E-state index in [0.717, 1.165) is 25.7 Å². The van der Waals surface area contributed by atoms with Gasteiger partial charge in [-0.1, -0.05) is 6.07 Å². The molecule has 1 N–H and O–H groups in total. The maximum Gasteiger partial charge on any atom is 0.152 e. The summed E-state index contributed by atoms with van der Waals surface area (Å²) >= 11 is 0. The van der Waals surface area contributed by atoms with Gasteiger partial charge in [0.15, 0.2) is 5.82 Å². The van der Waals surface area contributed by atoms with Crippen molar-refractivity contribution in [1.82, 2.24) is 0 Å². The summed E-state index contributed by atoms with van der Waals surface area (Å²) in [6, 6.07) is 2.80. The average Bonchev–Trinajstić information content (AvgIpc) is 2.49. The molecule has 1 spiro atoms. The van der Waals surface area contributed by atoms with Gasteiger partial charge in [-0.05, 0) is 44.2 Å². The van der Waals surface area contributed by atoms with Gasteiger partial charge in [0.25, 0.3) is 0 Å². The number of aryl methyl sites for hydroxylation is 1. The van der Waals surface area contributed by atoms with Crippen molar-refractivity contribution in [3.63, 3.8) is 0 Å². The third kappa shape index (κ3) is 3.04. The Morgan fingerprint density at radius 3 is 2.71 bits per heavy atom. The first-order valence-electron chi connectivity index (χ1n) is 7.52. The first-order chi connectivity index (χ1) is 10.1. The molecule has 1 aromatic carbocycles. The van der Waals surface area contributed by atoms with Crippen LogP contribution in [0.4, 0.5) is 14.5 Å². The molecule has 2 saturated heterocycles. The second kappa shape index (κ2) is 5.89. The summed E-state index contributed by atoms with van der Waals surface area (Å²) < 4.78 is 39.3. The van der Waals surface area contributed by atoms with Crippen molar-refractivity contribution in [3.05, 3.63) is 29.3 Å². The lowest BCUT2D eigenvalue weighted by Gasteiger charge is -2.43. The van der Waals surface area contributed by atoms with E-state index in [2.05, 4.69) is 5.32 Å². The predicted molar refractivity (Wildman–Crippen MR) is 76.5 cm³/mol. The number of benzene rings is 1. The van der Waals surface area contributed by atoms with Crippen LogP contribution in [0.5, 0.6) is 0 Å². The van der Waals surface area contributed by atoms with Gasteiger partial charge in [0.1, 0.15) is 11.5 Å². The van der Waals surface area contributed by atoms with Crippen LogP contribution < -0.4 is 5.32 Å². The predicted octanol–water partition coefficient (Wildman–Crippen LogP) is 3.41. The molecule has 5 heteroatoms. The SMILES string of the molecule is Cc1ccc(F)c(NC2CCOC3(CCOCC3)C2)c1F. The fourth-order valence-corrected chi connectivity index (χ4v) is 3.24. The fourth-order valence-electron chi connectivity index (χ4n) is 3.24. The molecule has 0 saturated carbocycles. The Morgan fingerprint density at radius 1 is 1.19 bits per heavy atom. The number of hydrogen-bond acceptors (Lipinski definition) is 3. The number of anilines is 1. The summed E-state index contributed by atoms with van der Waals surface area (Å²) in [7, 11) is 0. The quantitative estimate of drug-likeness (QED) is 0.907. The molecule has 2 aliphatic rings. The van der Waals surface area contributed by atoms with Crippen LogP contribution in [0.15, 0.2) is 12.1 Å². The van der Waals surface area contributed by atoms with Gasteiger partial charge in [0.05, 0.1) is 5.60 Å². The van der Waals surface area contributed by atoms with Crippen LogP contribution in [0.25, 0.3) is 0 Å². The number of ether oxygens (including phenoxy) is 2. The Kier molecular flexibility index (Phi) is 4.13. The van der Waals surface area contributed by atoms with Gasteiger partial charge in [-0.15, -0.1) is 0 Å². The third-order valence-electron chi connectivity index (χ3n) is 4.53. The summed E-state index contributed by atoms with van der Waals surface area (Å²) in [6.07, 6.45) is 3.23. The van der Waals surface area contributed by atoms with E-state index in [9.17, 15) is 8.78 Å². The first-order valence-corrected chi connectivity index (χ1v) is 7.52. The Morgan fingerprint density at radius 2 is 1.95 bits per heavy atom. The molecule has 1 unspecified atom stereocenters. The Balaban J connectivity index is 1.74. The Bertz CT molecular complexity index is 510. The van der Waals surface area contributed by atoms with Crippen molar-refractivity contribution in [1.29, 1.82) is 0 Å². The molecule has 3 rings (SSSR count). The zero-order valence-electron chi connectivity index (χ0n) is 12.3. The lowest BCUT2D eigenvalue weighted by Crippen LogP contribution is -2.48. The van der Waals surface area contributed by atoms with Gasteiger partial charge in [-0.3, -0.25) is 0 Å². The number of nitrogens with one attached hydrogen (secondary N) is 1. The second-order valence-corrected chi connectivity index (χ2v) is 6.03. The van der Waals surface area contributed by atoms with Crippen LogP contribution in [0.3, 0.4) is 0 Å². The van der Waals surface area contributed by atoms with Crippen LogP contribution in [0, 0.1) is 18.6 Å². The minimum absolute atomic E-state index is 0.0101. The molecule has 2 fully saturated rings. The van der Waals surface area contributed by atoms with Gasteiger partial charge in [0, 0.05) is 25.9 Å². The monoisotopic (exact) mass is 297 g/mol. The molecular weight excluding hydrogens is 276 g/mol. The highest BCUT2D eigenvalue weighted by Crippen LogP contribution is 2.36. The Labute approximate surface area is 123 Å². The third-order valence-corrected chi connectivity index (χ3v) is 4.53. The fraction of sp³-hybridized carbons (Fsp3) is 0.625. The van der Waals surface area contributed by atoms with Crippen LogP contribution in [0.2, 0.25) is 0 Å². The maximum absolute atomic E-state index is 14.1. The lowest BCUT2D eigenvalue weighted by molar-refractivity contribution is -0.135. The Hall–Kier alpha value is -1.20. The minimum Gasteiger partial charge on any atom is -0.381 e. The summed E-state index contributed by atoms with van der Waals surface area (Å²) in [5, 5.41) is 3.06. The average molecular weight is 297 g/mol. The molecule has 0 amide bonds. The van der Waals surface area contributed by atoms with Crippen molar-refractivity contribution in [3.8, 4) is 0 Å². The molecule has 21 heavy (non-hydrogen) atoms. The summed E-state index contributed by atoms with van der Waals surface area (Å²) in [5.41, 5.74) is 0.251. The lowest BCUT2D eigenvalue weighted by atomic mass is 9.84. The molecule has 1 aromatic rings. The van der Waals surface area contributed by atoms with Gasteiger partial charge < -0.3 is 14.8 Å². The van der Waals surface area contributed by atoms with E-state index < -0.39 is 11.6 Å². The molecule has 2 heterocycles. The molecular formula is C16H21F2NO2. The zero-order chi connectivity index (χ0) is 14.9. The van der Waals surface area contributed by atoms with Crippen molar-refractivity contribution in [2.75, 3.05) is 25.1 Å². The van der Waals surface area contributed by atoms with E-state index in [0.29, 0.717) is 25.4 Å².